The van der Waals surface area contributed by atoms with E-state index in [-0.39, 0.29) is 0 Å². The molecule has 3 heteroatoms. The predicted octanol–water partition coefficient (Wildman–Crippen LogP) is 3.52. The summed E-state index contributed by atoms with van der Waals surface area (Å²) in [7, 11) is 0. The number of hydrogen-bond donors (Lipinski definition) is 1. The molecular weight excluding hydrogens is 252 g/mol. The van der Waals surface area contributed by atoms with E-state index in [2.05, 4.69) is 49.4 Å². The maximum atomic E-state index is 3.70. The Hall–Kier alpha value is -0.380. The van der Waals surface area contributed by atoms with Crippen molar-refractivity contribution in [3.63, 3.8) is 0 Å². The summed E-state index contributed by atoms with van der Waals surface area (Å²) < 4.78 is 0. The minimum Gasteiger partial charge on any atom is -0.311 e. The molecule has 19 heavy (non-hydrogen) atoms. The van der Waals surface area contributed by atoms with Gasteiger partial charge in [0.05, 0.1) is 0 Å². The van der Waals surface area contributed by atoms with Gasteiger partial charge in [-0.25, -0.2) is 0 Å². The van der Waals surface area contributed by atoms with Crippen molar-refractivity contribution < 1.29 is 0 Å². The Morgan fingerprint density at radius 3 is 2.84 bits per heavy atom. The van der Waals surface area contributed by atoms with Crippen LogP contribution in [0.15, 0.2) is 11.4 Å². The number of thiophene rings is 1. The molecule has 0 saturated carbocycles. The smallest absolute Gasteiger partial charge is 0.0334 e. The van der Waals surface area contributed by atoms with Crippen LogP contribution in [0.3, 0.4) is 0 Å². The van der Waals surface area contributed by atoms with Crippen LogP contribution in [-0.2, 0) is 13.0 Å². The molecular formula is C16H28N2S. The molecule has 1 aliphatic rings. The second kappa shape index (κ2) is 6.87. The van der Waals surface area contributed by atoms with E-state index < -0.39 is 0 Å². The summed E-state index contributed by atoms with van der Waals surface area (Å²) >= 11 is 1.93. The first kappa shape index (κ1) is 15.0. The Morgan fingerprint density at radius 2 is 2.21 bits per heavy atom. The van der Waals surface area contributed by atoms with E-state index in [1.54, 1.807) is 10.4 Å². The van der Waals surface area contributed by atoms with Crippen LogP contribution in [0, 0.1) is 5.92 Å². The van der Waals surface area contributed by atoms with Gasteiger partial charge in [0.15, 0.2) is 0 Å². The van der Waals surface area contributed by atoms with Crippen LogP contribution in [0.2, 0.25) is 0 Å². The number of aryl methyl sites for hydroxylation is 1. The van der Waals surface area contributed by atoms with Crippen LogP contribution < -0.4 is 5.32 Å². The molecule has 2 unspecified atom stereocenters. The van der Waals surface area contributed by atoms with Gasteiger partial charge in [-0.2, -0.15) is 0 Å². The summed E-state index contributed by atoms with van der Waals surface area (Å²) in [5.41, 5.74) is 1.54. The van der Waals surface area contributed by atoms with Crippen LogP contribution in [0.25, 0.3) is 0 Å². The van der Waals surface area contributed by atoms with Crippen molar-refractivity contribution in [1.82, 2.24) is 10.2 Å². The molecule has 1 aromatic heterocycles. The highest BCUT2D eigenvalue weighted by Crippen LogP contribution is 2.24. The summed E-state index contributed by atoms with van der Waals surface area (Å²) in [6, 6.07) is 3.64. The molecule has 2 nitrogen and oxygen atoms in total. The first-order valence-corrected chi connectivity index (χ1v) is 8.56. The summed E-state index contributed by atoms with van der Waals surface area (Å²) in [5.74, 6) is 0.718. The van der Waals surface area contributed by atoms with Gasteiger partial charge in [0, 0.05) is 36.6 Å². The van der Waals surface area contributed by atoms with E-state index in [1.165, 1.54) is 13.0 Å². The van der Waals surface area contributed by atoms with E-state index in [9.17, 15) is 0 Å². The molecule has 0 radical (unpaired) electrons. The maximum Gasteiger partial charge on any atom is 0.0334 e. The number of nitrogens with zero attached hydrogens (tertiary/aromatic N) is 1. The van der Waals surface area contributed by atoms with Gasteiger partial charge in [-0.1, -0.05) is 27.7 Å². The van der Waals surface area contributed by atoms with Gasteiger partial charge in [0.1, 0.15) is 0 Å². The maximum absolute atomic E-state index is 3.70. The number of hydrogen-bond acceptors (Lipinski definition) is 3. The second-order valence-corrected chi connectivity index (χ2v) is 6.98. The van der Waals surface area contributed by atoms with Crippen LogP contribution in [0.1, 0.15) is 44.6 Å². The summed E-state index contributed by atoms with van der Waals surface area (Å²) in [6.07, 6.45) is 2.39. The Bertz CT molecular complexity index is 386. The van der Waals surface area contributed by atoms with Gasteiger partial charge < -0.3 is 5.32 Å². The molecule has 1 saturated heterocycles. The predicted molar refractivity (Wildman–Crippen MR) is 84.8 cm³/mol. The monoisotopic (exact) mass is 280 g/mol. The summed E-state index contributed by atoms with van der Waals surface area (Å²) in [6.45, 7) is 12.7. The lowest BCUT2D eigenvalue weighted by Crippen LogP contribution is -2.57. The summed E-state index contributed by atoms with van der Waals surface area (Å²) in [4.78, 5) is 4.28. The zero-order chi connectivity index (χ0) is 13.8. The first-order valence-electron chi connectivity index (χ1n) is 7.68. The van der Waals surface area contributed by atoms with Gasteiger partial charge >= 0.3 is 0 Å². The highest BCUT2D eigenvalue weighted by atomic mass is 32.1. The third kappa shape index (κ3) is 3.59. The number of rotatable bonds is 5. The average Bonchev–Trinajstić information content (AvgIpc) is 2.85. The molecule has 108 valence electrons. The van der Waals surface area contributed by atoms with Gasteiger partial charge in [0.25, 0.3) is 0 Å². The third-order valence-corrected chi connectivity index (χ3v) is 5.32. The Kier molecular flexibility index (Phi) is 5.43. The van der Waals surface area contributed by atoms with Gasteiger partial charge in [-0.15, -0.1) is 11.3 Å². The van der Waals surface area contributed by atoms with Crippen LogP contribution >= 0.6 is 11.3 Å². The summed E-state index contributed by atoms with van der Waals surface area (Å²) in [5, 5.41) is 5.95. The van der Waals surface area contributed by atoms with Crippen molar-refractivity contribution in [1.29, 1.82) is 0 Å². The standard InChI is InChI=1S/C16H28N2S/c1-5-13-7-8-19-16(13)11-18-10-14(6-2)17-9-15(18)12(3)4/h7-8,12,14-15,17H,5-6,9-11H2,1-4H3. The largest absolute Gasteiger partial charge is 0.311 e. The SMILES string of the molecule is CCc1ccsc1CN1CC(CC)NCC1C(C)C. The van der Waals surface area contributed by atoms with E-state index in [4.69, 9.17) is 0 Å². The topological polar surface area (TPSA) is 15.3 Å². The first-order chi connectivity index (χ1) is 9.15. The fraction of sp³-hybridized carbons (Fsp3) is 0.750. The van der Waals surface area contributed by atoms with Gasteiger partial charge in [-0.3, -0.25) is 4.90 Å². The zero-order valence-electron chi connectivity index (χ0n) is 12.8. The van der Waals surface area contributed by atoms with E-state index >= 15 is 0 Å². The zero-order valence-corrected chi connectivity index (χ0v) is 13.6. The van der Waals surface area contributed by atoms with Crippen LogP contribution in [-0.4, -0.2) is 30.1 Å². The molecule has 0 amide bonds. The molecule has 1 aliphatic heterocycles. The van der Waals surface area contributed by atoms with E-state index in [1.807, 2.05) is 11.3 Å². The molecule has 1 fully saturated rings. The molecule has 2 atom stereocenters. The molecule has 0 bridgehead atoms. The average molecular weight is 280 g/mol. The highest BCUT2D eigenvalue weighted by molar-refractivity contribution is 7.10. The fourth-order valence-corrected chi connectivity index (χ4v) is 4.02. The Balaban J connectivity index is 2.09. The van der Waals surface area contributed by atoms with Crippen molar-refractivity contribution in [2.45, 2.75) is 59.2 Å². The molecule has 2 rings (SSSR count). The molecule has 0 aromatic carbocycles. The quantitative estimate of drug-likeness (QED) is 0.888. The number of nitrogens with one attached hydrogen (secondary N) is 1. The minimum atomic E-state index is 0.667. The van der Waals surface area contributed by atoms with Crippen LogP contribution in [0.4, 0.5) is 0 Å². The van der Waals surface area contributed by atoms with Gasteiger partial charge in [0.2, 0.25) is 0 Å². The van der Waals surface area contributed by atoms with Crippen molar-refractivity contribution in [2.75, 3.05) is 13.1 Å². The minimum absolute atomic E-state index is 0.667. The second-order valence-electron chi connectivity index (χ2n) is 5.98. The molecule has 1 N–H and O–H groups in total. The lowest BCUT2D eigenvalue weighted by atomic mass is 9.97. The van der Waals surface area contributed by atoms with Crippen molar-refractivity contribution in [3.05, 3.63) is 21.9 Å². The fourth-order valence-electron chi connectivity index (χ4n) is 3.02. The lowest BCUT2D eigenvalue weighted by Gasteiger charge is -2.42. The lowest BCUT2D eigenvalue weighted by molar-refractivity contribution is 0.0908. The molecule has 2 heterocycles. The molecule has 1 aromatic rings. The van der Waals surface area contributed by atoms with Crippen molar-refractivity contribution >= 4 is 11.3 Å². The van der Waals surface area contributed by atoms with E-state index in [0.717, 1.165) is 25.4 Å². The molecule has 0 aliphatic carbocycles. The van der Waals surface area contributed by atoms with Gasteiger partial charge in [-0.05, 0) is 35.8 Å². The Labute approximate surface area is 122 Å². The van der Waals surface area contributed by atoms with Crippen molar-refractivity contribution in [2.24, 2.45) is 5.92 Å². The molecule has 0 spiro atoms. The number of piperazine rings is 1. The van der Waals surface area contributed by atoms with Crippen molar-refractivity contribution in [3.8, 4) is 0 Å². The van der Waals surface area contributed by atoms with E-state index in [0.29, 0.717) is 12.1 Å². The van der Waals surface area contributed by atoms with Crippen LogP contribution in [0.5, 0.6) is 0 Å². The normalized spacial score (nSPS) is 25.1. The Morgan fingerprint density at radius 1 is 1.42 bits per heavy atom. The highest BCUT2D eigenvalue weighted by Gasteiger charge is 2.29. The third-order valence-electron chi connectivity index (χ3n) is 4.37.